The standard InChI is InChI=1S/C26H22F2N4O3S/c1-16-10-12-17(13-11-16)36(34,35)32-25(33)20-7-5-9-22(30-20)26(2,3)21-8-4-6-19(29-21)18-14-15-23(27)31-24(18)28/h4-15H,1-3H3,(H,32,33). The monoisotopic (exact) mass is 508 g/mol. The van der Waals surface area contributed by atoms with Crippen molar-refractivity contribution in [3.63, 3.8) is 0 Å². The van der Waals surface area contributed by atoms with Crippen molar-refractivity contribution >= 4 is 15.9 Å². The molecule has 0 bridgehead atoms. The van der Waals surface area contributed by atoms with Gasteiger partial charge in [0.15, 0.2) is 0 Å². The Morgan fingerprint density at radius 1 is 0.833 bits per heavy atom. The molecule has 0 radical (unpaired) electrons. The van der Waals surface area contributed by atoms with Crippen LogP contribution in [0.15, 0.2) is 77.7 Å². The molecule has 36 heavy (non-hydrogen) atoms. The molecule has 0 saturated heterocycles. The van der Waals surface area contributed by atoms with Crippen LogP contribution in [0.25, 0.3) is 11.3 Å². The zero-order valence-corrected chi connectivity index (χ0v) is 20.5. The van der Waals surface area contributed by atoms with Gasteiger partial charge in [0.05, 0.1) is 27.5 Å². The van der Waals surface area contributed by atoms with Crippen molar-refractivity contribution in [2.75, 3.05) is 0 Å². The fourth-order valence-corrected chi connectivity index (χ4v) is 4.49. The van der Waals surface area contributed by atoms with Crippen molar-refractivity contribution in [1.29, 1.82) is 0 Å². The smallest absolute Gasteiger partial charge is 0.266 e. The van der Waals surface area contributed by atoms with E-state index in [0.29, 0.717) is 11.4 Å². The number of benzene rings is 1. The Hall–Kier alpha value is -4.05. The number of hydrogen-bond acceptors (Lipinski definition) is 6. The lowest BCUT2D eigenvalue weighted by molar-refractivity contribution is 0.0976. The molecule has 184 valence electrons. The second-order valence-corrected chi connectivity index (χ2v) is 10.3. The first-order chi connectivity index (χ1) is 17.0. The van der Waals surface area contributed by atoms with E-state index in [4.69, 9.17) is 0 Å². The molecule has 0 saturated carbocycles. The highest BCUT2D eigenvalue weighted by Crippen LogP contribution is 2.31. The summed E-state index contributed by atoms with van der Waals surface area (Å²) < 4.78 is 54.7. The summed E-state index contributed by atoms with van der Waals surface area (Å²) in [5, 5.41) is 0. The molecule has 0 aliphatic rings. The van der Waals surface area contributed by atoms with Gasteiger partial charge in [-0.1, -0.05) is 29.8 Å². The van der Waals surface area contributed by atoms with E-state index in [9.17, 15) is 22.0 Å². The van der Waals surface area contributed by atoms with Gasteiger partial charge in [0.1, 0.15) is 5.69 Å². The number of halogens is 2. The minimum Gasteiger partial charge on any atom is -0.266 e. The maximum absolute atomic E-state index is 14.2. The second kappa shape index (κ2) is 9.54. The van der Waals surface area contributed by atoms with Gasteiger partial charge in [-0.15, -0.1) is 0 Å². The third-order valence-corrected chi connectivity index (χ3v) is 7.01. The van der Waals surface area contributed by atoms with Crippen LogP contribution in [0.5, 0.6) is 0 Å². The molecule has 0 unspecified atom stereocenters. The van der Waals surface area contributed by atoms with E-state index in [0.717, 1.165) is 11.6 Å². The van der Waals surface area contributed by atoms with Crippen LogP contribution >= 0.6 is 0 Å². The van der Waals surface area contributed by atoms with Crippen LogP contribution in [-0.2, 0) is 15.4 Å². The highest BCUT2D eigenvalue weighted by molar-refractivity contribution is 7.90. The Morgan fingerprint density at radius 2 is 1.47 bits per heavy atom. The highest BCUT2D eigenvalue weighted by Gasteiger charge is 2.28. The third kappa shape index (κ3) is 5.13. The van der Waals surface area contributed by atoms with Crippen molar-refractivity contribution in [2.45, 2.75) is 31.1 Å². The molecular formula is C26H22F2N4O3S. The molecule has 1 aromatic carbocycles. The third-order valence-electron chi connectivity index (χ3n) is 5.66. The van der Waals surface area contributed by atoms with Gasteiger partial charge in [0.2, 0.25) is 11.9 Å². The largest absolute Gasteiger partial charge is 0.283 e. The number of aryl methyl sites for hydroxylation is 1. The van der Waals surface area contributed by atoms with Crippen LogP contribution < -0.4 is 4.72 Å². The molecular weight excluding hydrogens is 486 g/mol. The summed E-state index contributed by atoms with van der Waals surface area (Å²) in [7, 11) is -4.09. The fraction of sp³-hybridized carbons (Fsp3) is 0.154. The quantitative estimate of drug-likeness (QED) is 0.383. The van der Waals surface area contributed by atoms with Crippen LogP contribution in [0, 0.1) is 18.8 Å². The number of aromatic nitrogens is 3. The summed E-state index contributed by atoms with van der Waals surface area (Å²) in [6, 6.07) is 18.0. The minimum atomic E-state index is -4.09. The predicted octanol–water partition coefficient (Wildman–Crippen LogP) is 4.57. The number of carbonyl (C=O) groups is 1. The summed E-state index contributed by atoms with van der Waals surface area (Å²) in [6.07, 6.45) is 0. The predicted molar refractivity (Wildman–Crippen MR) is 130 cm³/mol. The zero-order valence-electron chi connectivity index (χ0n) is 19.7. The number of amides is 1. The summed E-state index contributed by atoms with van der Waals surface area (Å²) in [4.78, 5) is 24.9. The molecule has 7 nitrogen and oxygen atoms in total. The maximum atomic E-state index is 14.2. The average molecular weight is 509 g/mol. The van der Waals surface area contributed by atoms with E-state index in [2.05, 4.69) is 15.0 Å². The number of carbonyl (C=O) groups excluding carboxylic acids is 1. The normalized spacial score (nSPS) is 11.8. The molecule has 4 rings (SSSR count). The van der Waals surface area contributed by atoms with E-state index < -0.39 is 33.2 Å². The summed E-state index contributed by atoms with van der Waals surface area (Å²) in [6.45, 7) is 5.45. The van der Waals surface area contributed by atoms with Gasteiger partial charge >= 0.3 is 0 Å². The van der Waals surface area contributed by atoms with Crippen LogP contribution in [0.4, 0.5) is 8.78 Å². The van der Waals surface area contributed by atoms with Gasteiger partial charge in [-0.05, 0) is 69.3 Å². The Labute approximate surface area is 207 Å². The van der Waals surface area contributed by atoms with Gasteiger partial charge in [0, 0.05) is 5.41 Å². The highest BCUT2D eigenvalue weighted by atomic mass is 32.2. The Bertz CT molecular complexity index is 1560. The summed E-state index contributed by atoms with van der Waals surface area (Å²) in [5.41, 5.74) is 1.16. The summed E-state index contributed by atoms with van der Waals surface area (Å²) >= 11 is 0. The van der Waals surface area contributed by atoms with Crippen LogP contribution in [0.2, 0.25) is 0 Å². The molecule has 3 heterocycles. The van der Waals surface area contributed by atoms with Crippen LogP contribution in [0.1, 0.15) is 41.3 Å². The van der Waals surface area contributed by atoms with Gasteiger partial charge < -0.3 is 0 Å². The topological polar surface area (TPSA) is 102 Å². The average Bonchev–Trinajstić information content (AvgIpc) is 2.84. The Balaban J connectivity index is 1.63. The molecule has 0 spiro atoms. The molecule has 4 aromatic rings. The first-order valence-corrected chi connectivity index (χ1v) is 12.4. The number of sulfonamides is 1. The lowest BCUT2D eigenvalue weighted by Crippen LogP contribution is -2.32. The summed E-state index contributed by atoms with van der Waals surface area (Å²) in [5.74, 6) is -2.80. The molecule has 10 heteroatoms. The molecule has 0 aliphatic heterocycles. The molecule has 0 fully saturated rings. The lowest BCUT2D eigenvalue weighted by atomic mass is 9.84. The zero-order chi connectivity index (χ0) is 26.1. The molecule has 1 N–H and O–H groups in total. The minimum absolute atomic E-state index is 0.0384. The SMILES string of the molecule is Cc1ccc(S(=O)(=O)NC(=O)c2cccc(C(C)(C)c3cccc(-c4ccc(F)nc4F)n3)n2)cc1. The first-order valence-electron chi connectivity index (χ1n) is 10.9. The Kier molecular flexibility index (Phi) is 6.64. The van der Waals surface area contributed by atoms with E-state index in [1.54, 1.807) is 42.5 Å². The lowest BCUT2D eigenvalue weighted by Gasteiger charge is -2.24. The number of nitrogens with one attached hydrogen (secondary N) is 1. The van der Waals surface area contributed by atoms with E-state index in [-0.39, 0.29) is 21.8 Å². The number of pyridine rings is 3. The van der Waals surface area contributed by atoms with E-state index in [1.807, 2.05) is 25.5 Å². The number of hydrogen-bond donors (Lipinski definition) is 1. The van der Waals surface area contributed by atoms with E-state index >= 15 is 0 Å². The molecule has 0 atom stereocenters. The number of nitrogens with zero attached hydrogens (tertiary/aromatic N) is 3. The molecule has 1 amide bonds. The van der Waals surface area contributed by atoms with Gasteiger partial charge in [0.25, 0.3) is 15.9 Å². The van der Waals surface area contributed by atoms with Gasteiger partial charge in [-0.3, -0.25) is 9.78 Å². The van der Waals surface area contributed by atoms with Crippen LogP contribution in [0.3, 0.4) is 0 Å². The van der Waals surface area contributed by atoms with Crippen molar-refractivity contribution in [3.8, 4) is 11.3 Å². The molecule has 3 aromatic heterocycles. The Morgan fingerprint density at radius 3 is 2.14 bits per heavy atom. The van der Waals surface area contributed by atoms with Crippen LogP contribution in [-0.4, -0.2) is 29.3 Å². The number of rotatable bonds is 6. The van der Waals surface area contributed by atoms with Gasteiger partial charge in [-0.2, -0.15) is 13.8 Å². The molecule has 0 aliphatic carbocycles. The van der Waals surface area contributed by atoms with Crippen molar-refractivity contribution in [1.82, 2.24) is 19.7 Å². The van der Waals surface area contributed by atoms with Crippen molar-refractivity contribution < 1.29 is 22.0 Å². The first kappa shape index (κ1) is 25.1. The second-order valence-electron chi connectivity index (χ2n) is 8.66. The van der Waals surface area contributed by atoms with E-state index in [1.165, 1.54) is 24.3 Å². The van der Waals surface area contributed by atoms with Gasteiger partial charge in [-0.25, -0.2) is 18.1 Å². The fourth-order valence-electron chi connectivity index (χ4n) is 3.53. The van der Waals surface area contributed by atoms with Crippen molar-refractivity contribution in [2.24, 2.45) is 0 Å². The maximum Gasteiger partial charge on any atom is 0.283 e. The van der Waals surface area contributed by atoms with Crippen molar-refractivity contribution in [3.05, 3.63) is 107 Å².